The zero-order valence-corrected chi connectivity index (χ0v) is 18.2. The van der Waals surface area contributed by atoms with Crippen molar-refractivity contribution in [3.8, 4) is 0 Å². The van der Waals surface area contributed by atoms with Gasteiger partial charge in [0.05, 0.1) is 12.3 Å². The van der Waals surface area contributed by atoms with E-state index in [1.54, 1.807) is 0 Å². The smallest absolute Gasteiger partial charge is 0.237 e. The predicted octanol–water partition coefficient (Wildman–Crippen LogP) is 2.92. The van der Waals surface area contributed by atoms with Crippen molar-refractivity contribution in [3.05, 3.63) is 71.3 Å². The van der Waals surface area contributed by atoms with Crippen molar-refractivity contribution in [3.63, 3.8) is 0 Å². The quantitative estimate of drug-likeness (QED) is 0.699. The van der Waals surface area contributed by atoms with E-state index in [0.717, 1.165) is 0 Å². The van der Waals surface area contributed by atoms with Gasteiger partial charge in [-0.05, 0) is 30.2 Å². The van der Waals surface area contributed by atoms with Gasteiger partial charge < -0.3 is 4.90 Å². The standard InChI is InChI=1S/C23H30N2O3S/c1-4-24(18(2)17-29(3,27)28)16-23(26)25-14-20-12-8-9-13-21(20)22(15-25)19-10-6-5-7-11-19/h5-13,18,22H,4,14-17H2,1-3H3. The van der Waals surface area contributed by atoms with E-state index in [1.165, 1.54) is 22.9 Å². The molecule has 2 aromatic carbocycles. The minimum absolute atomic E-state index is 0.0441. The van der Waals surface area contributed by atoms with Gasteiger partial charge in [0.25, 0.3) is 0 Å². The van der Waals surface area contributed by atoms with Crippen LogP contribution < -0.4 is 0 Å². The van der Waals surface area contributed by atoms with Gasteiger partial charge in [-0.2, -0.15) is 0 Å². The molecular weight excluding hydrogens is 384 g/mol. The maximum atomic E-state index is 13.2. The number of hydrogen-bond donors (Lipinski definition) is 0. The average molecular weight is 415 g/mol. The van der Waals surface area contributed by atoms with Gasteiger partial charge in [0.2, 0.25) is 5.91 Å². The third-order valence-corrected chi connectivity index (χ3v) is 6.75. The molecule has 0 saturated carbocycles. The first kappa shape index (κ1) is 21.5. The Kier molecular flexibility index (Phi) is 6.75. The number of rotatable bonds is 7. The lowest BCUT2D eigenvalue weighted by molar-refractivity contribution is -0.134. The average Bonchev–Trinajstić information content (AvgIpc) is 2.70. The first-order valence-electron chi connectivity index (χ1n) is 10.1. The van der Waals surface area contributed by atoms with E-state index in [2.05, 4.69) is 30.3 Å². The minimum atomic E-state index is -3.09. The Morgan fingerprint density at radius 2 is 1.79 bits per heavy atom. The maximum absolute atomic E-state index is 13.2. The topological polar surface area (TPSA) is 57.7 Å². The minimum Gasteiger partial charge on any atom is -0.336 e. The molecule has 1 heterocycles. The number of carbonyl (C=O) groups excluding carboxylic acids is 1. The van der Waals surface area contributed by atoms with E-state index in [-0.39, 0.29) is 30.2 Å². The Bertz CT molecular complexity index is 944. The van der Waals surface area contributed by atoms with Crippen LogP contribution in [-0.4, -0.2) is 61.8 Å². The van der Waals surface area contributed by atoms with Crippen LogP contribution in [-0.2, 0) is 21.2 Å². The number of sulfone groups is 1. The number of benzene rings is 2. The highest BCUT2D eigenvalue weighted by molar-refractivity contribution is 7.90. The molecule has 5 nitrogen and oxygen atoms in total. The van der Waals surface area contributed by atoms with Crippen molar-refractivity contribution >= 4 is 15.7 Å². The number of amides is 1. The molecule has 2 unspecified atom stereocenters. The van der Waals surface area contributed by atoms with E-state index in [1.807, 2.05) is 47.9 Å². The Balaban J connectivity index is 1.79. The molecule has 0 aliphatic carbocycles. The first-order chi connectivity index (χ1) is 13.8. The highest BCUT2D eigenvalue weighted by Gasteiger charge is 2.30. The summed E-state index contributed by atoms with van der Waals surface area (Å²) in [5.41, 5.74) is 3.66. The van der Waals surface area contributed by atoms with E-state index in [4.69, 9.17) is 0 Å². The molecule has 3 rings (SSSR count). The Morgan fingerprint density at radius 1 is 1.14 bits per heavy atom. The van der Waals surface area contributed by atoms with Crippen molar-refractivity contribution in [1.82, 2.24) is 9.80 Å². The van der Waals surface area contributed by atoms with E-state index < -0.39 is 9.84 Å². The van der Waals surface area contributed by atoms with Crippen LogP contribution in [0.15, 0.2) is 54.6 Å². The molecule has 1 amide bonds. The summed E-state index contributed by atoms with van der Waals surface area (Å²) in [6, 6.07) is 18.4. The van der Waals surface area contributed by atoms with Gasteiger partial charge in [0, 0.05) is 31.3 Å². The van der Waals surface area contributed by atoms with Gasteiger partial charge in [-0.25, -0.2) is 8.42 Å². The maximum Gasteiger partial charge on any atom is 0.237 e. The van der Waals surface area contributed by atoms with Crippen LogP contribution in [0.3, 0.4) is 0 Å². The van der Waals surface area contributed by atoms with Crippen LogP contribution in [0.5, 0.6) is 0 Å². The second-order valence-electron chi connectivity index (χ2n) is 7.94. The summed E-state index contributed by atoms with van der Waals surface area (Å²) in [5.74, 6) is 0.250. The summed E-state index contributed by atoms with van der Waals surface area (Å²) in [5, 5.41) is 0. The van der Waals surface area contributed by atoms with Crippen LogP contribution in [0.25, 0.3) is 0 Å². The predicted molar refractivity (Wildman–Crippen MR) is 117 cm³/mol. The molecule has 1 aliphatic heterocycles. The van der Waals surface area contributed by atoms with Gasteiger partial charge in [-0.3, -0.25) is 9.69 Å². The second kappa shape index (κ2) is 9.09. The zero-order chi connectivity index (χ0) is 21.0. The number of carbonyl (C=O) groups is 1. The molecule has 0 fully saturated rings. The zero-order valence-electron chi connectivity index (χ0n) is 17.4. The monoisotopic (exact) mass is 414 g/mol. The lowest BCUT2D eigenvalue weighted by Gasteiger charge is -2.37. The normalized spacial score (nSPS) is 17.8. The van der Waals surface area contributed by atoms with Crippen molar-refractivity contribution in [2.75, 3.05) is 31.6 Å². The van der Waals surface area contributed by atoms with Gasteiger partial charge in [-0.15, -0.1) is 0 Å². The summed E-state index contributed by atoms with van der Waals surface area (Å²) >= 11 is 0. The summed E-state index contributed by atoms with van der Waals surface area (Å²) in [7, 11) is -3.09. The lowest BCUT2D eigenvalue weighted by atomic mass is 9.84. The van der Waals surface area contributed by atoms with Crippen molar-refractivity contribution < 1.29 is 13.2 Å². The van der Waals surface area contributed by atoms with Gasteiger partial charge in [0.1, 0.15) is 9.84 Å². The fraction of sp³-hybridized carbons (Fsp3) is 0.435. The molecule has 2 aromatic rings. The molecule has 2 atom stereocenters. The van der Waals surface area contributed by atoms with Gasteiger partial charge >= 0.3 is 0 Å². The first-order valence-corrected chi connectivity index (χ1v) is 12.2. The van der Waals surface area contributed by atoms with E-state index in [9.17, 15) is 13.2 Å². The number of fused-ring (bicyclic) bond motifs is 1. The Hall–Kier alpha value is -2.18. The molecule has 0 saturated heterocycles. The summed E-state index contributed by atoms with van der Waals surface area (Å²) in [4.78, 5) is 17.0. The van der Waals surface area contributed by atoms with Crippen molar-refractivity contribution in [2.24, 2.45) is 0 Å². The van der Waals surface area contributed by atoms with E-state index in [0.29, 0.717) is 19.6 Å². The summed E-state index contributed by atoms with van der Waals surface area (Å²) in [6.07, 6.45) is 1.24. The Labute approximate surface area is 174 Å². The third kappa shape index (κ3) is 5.46. The molecular formula is C23H30N2O3S. The van der Waals surface area contributed by atoms with Crippen LogP contribution >= 0.6 is 0 Å². The van der Waals surface area contributed by atoms with Gasteiger partial charge in [0.15, 0.2) is 0 Å². The van der Waals surface area contributed by atoms with Crippen LogP contribution in [0.2, 0.25) is 0 Å². The molecule has 0 bridgehead atoms. The second-order valence-corrected chi connectivity index (χ2v) is 10.1. The highest BCUT2D eigenvalue weighted by atomic mass is 32.2. The number of hydrogen-bond acceptors (Lipinski definition) is 4. The molecule has 0 N–H and O–H groups in total. The summed E-state index contributed by atoms with van der Waals surface area (Å²) < 4.78 is 23.3. The Morgan fingerprint density at radius 3 is 2.45 bits per heavy atom. The molecule has 0 spiro atoms. The number of likely N-dealkylation sites (N-methyl/N-ethyl adjacent to an activating group) is 1. The molecule has 1 aliphatic rings. The van der Waals surface area contributed by atoms with Gasteiger partial charge in [-0.1, -0.05) is 61.5 Å². The van der Waals surface area contributed by atoms with Crippen molar-refractivity contribution in [2.45, 2.75) is 32.4 Å². The van der Waals surface area contributed by atoms with Crippen molar-refractivity contribution in [1.29, 1.82) is 0 Å². The van der Waals surface area contributed by atoms with E-state index >= 15 is 0 Å². The molecule has 0 aromatic heterocycles. The van der Waals surface area contributed by atoms with Crippen LogP contribution in [0.4, 0.5) is 0 Å². The fourth-order valence-electron chi connectivity index (χ4n) is 4.16. The molecule has 0 radical (unpaired) electrons. The molecule has 6 heteroatoms. The fourth-order valence-corrected chi connectivity index (χ4v) is 5.25. The number of nitrogens with zero attached hydrogens (tertiary/aromatic N) is 2. The summed E-state index contributed by atoms with van der Waals surface area (Å²) in [6.45, 7) is 5.93. The molecule has 156 valence electrons. The third-order valence-electron chi connectivity index (χ3n) is 5.66. The molecule has 29 heavy (non-hydrogen) atoms. The van der Waals surface area contributed by atoms with Crippen LogP contribution in [0.1, 0.15) is 36.5 Å². The highest BCUT2D eigenvalue weighted by Crippen LogP contribution is 2.33. The van der Waals surface area contributed by atoms with Crippen LogP contribution in [0, 0.1) is 0 Å². The SMILES string of the molecule is CCN(CC(=O)N1Cc2ccccc2C(c2ccccc2)C1)C(C)CS(C)(=O)=O. The largest absolute Gasteiger partial charge is 0.336 e. The lowest BCUT2D eigenvalue weighted by Crippen LogP contribution is -2.47.